The van der Waals surface area contributed by atoms with Crippen molar-refractivity contribution < 1.29 is 8.42 Å². The second-order valence-corrected chi connectivity index (χ2v) is 8.82. The van der Waals surface area contributed by atoms with Gasteiger partial charge in [0.15, 0.2) is 9.84 Å². The largest absolute Gasteiger partial charge is 0.313 e. The summed E-state index contributed by atoms with van der Waals surface area (Å²) < 4.78 is 23.0. The Morgan fingerprint density at radius 1 is 1.25 bits per heavy atom. The maximum absolute atomic E-state index is 11.8. The summed E-state index contributed by atoms with van der Waals surface area (Å²) in [7, 11) is -3.00. The molecule has 2 atom stereocenters. The number of hydrogen-bond donors (Lipinski definition) is 1. The van der Waals surface area contributed by atoms with Gasteiger partial charge < -0.3 is 5.32 Å². The van der Waals surface area contributed by atoms with Crippen molar-refractivity contribution in [2.45, 2.75) is 45.4 Å². The zero-order chi connectivity index (χ0) is 13.0. The lowest BCUT2D eigenvalue weighted by Gasteiger charge is -2.22. The Morgan fingerprint density at radius 2 is 1.75 bits per heavy atom. The first-order valence-electron chi connectivity index (χ1n) is 5.63. The molecule has 0 aromatic rings. The maximum Gasteiger partial charge on any atom is 0.156 e. The van der Waals surface area contributed by atoms with Crippen LogP contribution < -0.4 is 5.32 Å². The summed E-state index contributed by atoms with van der Waals surface area (Å²) in [5.41, 5.74) is 0. The van der Waals surface area contributed by atoms with Gasteiger partial charge in [0.2, 0.25) is 0 Å². The van der Waals surface area contributed by atoms with Gasteiger partial charge in [-0.25, -0.2) is 8.42 Å². The lowest BCUT2D eigenvalue weighted by Crippen LogP contribution is -2.39. The van der Waals surface area contributed by atoms with Crippen LogP contribution >= 0.6 is 15.9 Å². The molecule has 0 heterocycles. The number of halogens is 1. The monoisotopic (exact) mass is 313 g/mol. The van der Waals surface area contributed by atoms with Crippen molar-refractivity contribution in [3.05, 3.63) is 0 Å². The van der Waals surface area contributed by atoms with Gasteiger partial charge in [0.25, 0.3) is 0 Å². The van der Waals surface area contributed by atoms with E-state index in [9.17, 15) is 8.42 Å². The molecule has 0 rings (SSSR count). The lowest BCUT2D eigenvalue weighted by molar-refractivity contribution is 0.443. The summed E-state index contributed by atoms with van der Waals surface area (Å²) >= 11 is 3.42. The molecule has 1 N–H and O–H groups in total. The van der Waals surface area contributed by atoms with E-state index in [4.69, 9.17) is 0 Å². The molecule has 0 fully saturated rings. The standard InChI is InChI=1S/C11H24BrNO2S/c1-9(8-12)10(2)13-6-7-16(14,15)11(3,4)5/h9-10,13H,6-8H2,1-5H3. The van der Waals surface area contributed by atoms with Crippen molar-refractivity contribution in [3.8, 4) is 0 Å². The Morgan fingerprint density at radius 3 is 2.12 bits per heavy atom. The van der Waals surface area contributed by atoms with Crippen LogP contribution in [0.3, 0.4) is 0 Å². The Bertz CT molecular complexity index is 296. The zero-order valence-electron chi connectivity index (χ0n) is 10.9. The minimum atomic E-state index is -3.00. The molecule has 0 saturated heterocycles. The summed E-state index contributed by atoms with van der Waals surface area (Å²) in [6.07, 6.45) is 0. The van der Waals surface area contributed by atoms with Crippen LogP contribution in [0.1, 0.15) is 34.6 Å². The molecular weight excluding hydrogens is 290 g/mol. The van der Waals surface area contributed by atoms with Crippen molar-refractivity contribution in [1.29, 1.82) is 0 Å². The normalized spacial score (nSPS) is 17.1. The van der Waals surface area contributed by atoms with Crippen LogP contribution in [-0.4, -0.2) is 36.8 Å². The summed E-state index contributed by atoms with van der Waals surface area (Å²) in [6, 6.07) is 0.328. The van der Waals surface area contributed by atoms with Gasteiger partial charge in [0.05, 0.1) is 10.5 Å². The number of nitrogens with one attached hydrogen (secondary N) is 1. The highest BCUT2D eigenvalue weighted by atomic mass is 79.9. The third kappa shape index (κ3) is 5.15. The fourth-order valence-corrected chi connectivity index (χ4v) is 2.62. The summed E-state index contributed by atoms with van der Waals surface area (Å²) in [4.78, 5) is 0. The van der Waals surface area contributed by atoms with E-state index in [1.807, 2.05) is 0 Å². The first-order chi connectivity index (χ1) is 7.12. The molecule has 0 aliphatic rings. The number of alkyl halides is 1. The first-order valence-corrected chi connectivity index (χ1v) is 8.41. The molecule has 98 valence electrons. The average Bonchev–Trinajstić information content (AvgIpc) is 2.14. The van der Waals surface area contributed by atoms with Crippen molar-refractivity contribution in [3.63, 3.8) is 0 Å². The number of sulfone groups is 1. The van der Waals surface area contributed by atoms with Crippen molar-refractivity contribution in [1.82, 2.24) is 5.32 Å². The van der Waals surface area contributed by atoms with Gasteiger partial charge in [-0.15, -0.1) is 0 Å². The second-order valence-electron chi connectivity index (χ2n) is 5.31. The Labute approximate surface area is 108 Å². The molecule has 0 amide bonds. The Hall–Kier alpha value is 0.390. The van der Waals surface area contributed by atoms with Crippen LogP contribution in [-0.2, 0) is 9.84 Å². The van der Waals surface area contributed by atoms with Crippen LogP contribution in [0.4, 0.5) is 0 Å². The van der Waals surface area contributed by atoms with E-state index in [1.54, 1.807) is 20.8 Å². The molecule has 0 bridgehead atoms. The van der Waals surface area contributed by atoms with Gasteiger partial charge in [-0.3, -0.25) is 0 Å². The van der Waals surface area contributed by atoms with Crippen LogP contribution in [0.2, 0.25) is 0 Å². The third-order valence-corrected chi connectivity index (χ3v) is 6.50. The van der Waals surface area contributed by atoms with Crippen LogP contribution in [0.5, 0.6) is 0 Å². The molecule has 0 spiro atoms. The highest BCUT2D eigenvalue weighted by Gasteiger charge is 2.28. The van der Waals surface area contributed by atoms with Gasteiger partial charge in [-0.2, -0.15) is 0 Å². The predicted octanol–water partition coefficient (Wildman–Crippen LogP) is 2.21. The van der Waals surface area contributed by atoms with Crippen LogP contribution in [0.15, 0.2) is 0 Å². The second kappa shape index (κ2) is 6.36. The highest BCUT2D eigenvalue weighted by molar-refractivity contribution is 9.09. The van der Waals surface area contributed by atoms with Gasteiger partial charge >= 0.3 is 0 Å². The minimum absolute atomic E-state index is 0.204. The minimum Gasteiger partial charge on any atom is -0.313 e. The molecule has 0 radical (unpaired) electrons. The van der Waals surface area contributed by atoms with E-state index in [2.05, 4.69) is 35.1 Å². The van der Waals surface area contributed by atoms with E-state index in [-0.39, 0.29) is 5.75 Å². The molecule has 0 aromatic carbocycles. The topological polar surface area (TPSA) is 46.2 Å². The van der Waals surface area contributed by atoms with Gasteiger partial charge in [-0.05, 0) is 33.6 Å². The molecular formula is C11H24BrNO2S. The summed E-state index contributed by atoms with van der Waals surface area (Å²) in [6.45, 7) is 9.96. The van der Waals surface area contributed by atoms with Gasteiger partial charge in [0, 0.05) is 17.9 Å². The fourth-order valence-electron chi connectivity index (χ4n) is 1.06. The summed E-state index contributed by atoms with van der Waals surface area (Å²) in [5, 5.41) is 4.18. The third-order valence-electron chi connectivity index (χ3n) is 2.87. The molecule has 16 heavy (non-hydrogen) atoms. The molecule has 2 unspecified atom stereocenters. The molecule has 0 saturated carbocycles. The summed E-state index contributed by atoms with van der Waals surface area (Å²) in [5.74, 6) is 0.702. The van der Waals surface area contributed by atoms with Crippen molar-refractivity contribution in [2.24, 2.45) is 5.92 Å². The van der Waals surface area contributed by atoms with Gasteiger partial charge in [-0.1, -0.05) is 22.9 Å². The average molecular weight is 314 g/mol. The van der Waals surface area contributed by atoms with Gasteiger partial charge in [0.1, 0.15) is 0 Å². The molecule has 5 heteroatoms. The molecule has 0 aliphatic carbocycles. The quantitative estimate of drug-likeness (QED) is 0.765. The SMILES string of the molecule is CC(CBr)C(C)NCCS(=O)(=O)C(C)(C)C. The zero-order valence-corrected chi connectivity index (χ0v) is 13.3. The number of hydrogen-bond acceptors (Lipinski definition) is 3. The number of rotatable bonds is 6. The van der Waals surface area contributed by atoms with E-state index in [0.29, 0.717) is 18.5 Å². The maximum atomic E-state index is 11.8. The molecule has 0 aromatic heterocycles. The molecule has 3 nitrogen and oxygen atoms in total. The highest BCUT2D eigenvalue weighted by Crippen LogP contribution is 2.15. The Kier molecular flexibility index (Phi) is 6.51. The van der Waals surface area contributed by atoms with E-state index in [0.717, 1.165) is 5.33 Å². The van der Waals surface area contributed by atoms with Crippen LogP contribution in [0, 0.1) is 5.92 Å². The van der Waals surface area contributed by atoms with Crippen molar-refractivity contribution >= 4 is 25.8 Å². The lowest BCUT2D eigenvalue weighted by atomic mass is 10.1. The smallest absolute Gasteiger partial charge is 0.156 e. The molecule has 0 aliphatic heterocycles. The fraction of sp³-hybridized carbons (Fsp3) is 1.00. The van der Waals surface area contributed by atoms with E-state index in [1.165, 1.54) is 0 Å². The van der Waals surface area contributed by atoms with E-state index >= 15 is 0 Å². The predicted molar refractivity (Wildman–Crippen MR) is 74.0 cm³/mol. The van der Waals surface area contributed by atoms with E-state index < -0.39 is 14.6 Å². The van der Waals surface area contributed by atoms with Crippen molar-refractivity contribution in [2.75, 3.05) is 17.6 Å². The first kappa shape index (κ1) is 16.4. The van der Waals surface area contributed by atoms with Crippen LogP contribution in [0.25, 0.3) is 0 Å². The Balaban J connectivity index is 4.10.